The van der Waals surface area contributed by atoms with E-state index in [-0.39, 0.29) is 4.90 Å². The molecule has 7 heteroatoms. The zero-order valence-electron chi connectivity index (χ0n) is 18.4. The van der Waals surface area contributed by atoms with Crippen molar-refractivity contribution in [3.05, 3.63) is 84.7 Å². The molecule has 0 fully saturated rings. The zero-order valence-corrected chi connectivity index (χ0v) is 19.3. The smallest absolute Gasteiger partial charge is 0.270 e. The number of nitrogens with zero attached hydrogens (tertiary/aromatic N) is 2. The second-order valence-electron chi connectivity index (χ2n) is 7.77. The maximum Gasteiger partial charge on any atom is 0.270 e. The third-order valence-electron chi connectivity index (χ3n) is 5.72. The van der Waals surface area contributed by atoms with Gasteiger partial charge in [0.05, 0.1) is 25.3 Å². The highest BCUT2D eigenvalue weighted by Gasteiger charge is 2.24. The van der Waals surface area contributed by atoms with Crippen LogP contribution in [-0.4, -0.2) is 31.6 Å². The van der Waals surface area contributed by atoms with Gasteiger partial charge in [0.2, 0.25) is 0 Å². The molecule has 0 aliphatic carbocycles. The van der Waals surface area contributed by atoms with Gasteiger partial charge in [-0.2, -0.15) is 0 Å². The second kappa shape index (κ2) is 7.94. The van der Waals surface area contributed by atoms with Crippen molar-refractivity contribution in [3.8, 4) is 22.6 Å². The lowest BCUT2D eigenvalue weighted by molar-refractivity contribution is 0.355. The van der Waals surface area contributed by atoms with Crippen LogP contribution in [0.2, 0.25) is 0 Å². The normalized spacial score (nSPS) is 11.7. The highest BCUT2D eigenvalue weighted by Crippen LogP contribution is 2.38. The van der Waals surface area contributed by atoms with Gasteiger partial charge in [0.15, 0.2) is 11.5 Å². The molecule has 0 bridgehead atoms. The van der Waals surface area contributed by atoms with E-state index in [1.807, 2.05) is 55.5 Å². The summed E-state index contributed by atoms with van der Waals surface area (Å²) in [6.45, 7) is 1.93. The van der Waals surface area contributed by atoms with Crippen molar-refractivity contribution in [1.82, 2.24) is 8.96 Å². The Kier molecular flexibility index (Phi) is 5.06. The third kappa shape index (κ3) is 3.41. The molecule has 5 aromatic rings. The molecule has 166 valence electrons. The van der Waals surface area contributed by atoms with E-state index in [1.165, 1.54) is 3.97 Å². The molecule has 0 spiro atoms. The predicted octanol–water partition coefficient (Wildman–Crippen LogP) is 5.42. The van der Waals surface area contributed by atoms with Crippen LogP contribution < -0.4 is 9.47 Å². The summed E-state index contributed by atoms with van der Waals surface area (Å²) in [4.78, 5) is 4.60. The van der Waals surface area contributed by atoms with E-state index >= 15 is 0 Å². The minimum absolute atomic E-state index is 0.166. The number of ether oxygens (including phenoxy) is 2. The van der Waals surface area contributed by atoms with Crippen molar-refractivity contribution < 1.29 is 17.9 Å². The second-order valence-corrected chi connectivity index (χ2v) is 9.55. The van der Waals surface area contributed by atoms with Gasteiger partial charge in [-0.1, -0.05) is 36.4 Å². The summed E-state index contributed by atoms with van der Waals surface area (Å²) in [5.74, 6) is 1.18. The molecule has 0 amide bonds. The Hall–Kier alpha value is -3.84. The van der Waals surface area contributed by atoms with Crippen molar-refractivity contribution in [2.24, 2.45) is 0 Å². The molecule has 0 atom stereocenters. The summed E-state index contributed by atoms with van der Waals surface area (Å²) < 4.78 is 39.9. The van der Waals surface area contributed by atoms with E-state index in [0.717, 1.165) is 27.5 Å². The lowest BCUT2D eigenvalue weighted by atomic mass is 10.0. The largest absolute Gasteiger partial charge is 0.493 e. The first-order valence-electron chi connectivity index (χ1n) is 10.4. The fraction of sp³-hybridized carbons (Fsp3) is 0.115. The van der Waals surface area contributed by atoms with Gasteiger partial charge in [0.25, 0.3) is 10.0 Å². The lowest BCUT2D eigenvalue weighted by Gasteiger charge is -2.10. The average Bonchev–Trinajstić information content (AvgIpc) is 3.23. The quantitative estimate of drug-likeness (QED) is 0.352. The van der Waals surface area contributed by atoms with Crippen molar-refractivity contribution in [2.45, 2.75) is 11.8 Å². The number of rotatable bonds is 5. The van der Waals surface area contributed by atoms with E-state index in [4.69, 9.17) is 9.47 Å². The molecule has 0 radical (unpaired) electrons. The van der Waals surface area contributed by atoms with E-state index in [9.17, 15) is 8.42 Å². The molecule has 2 aromatic heterocycles. The number of benzene rings is 3. The maximum atomic E-state index is 13.9. The van der Waals surface area contributed by atoms with Gasteiger partial charge < -0.3 is 9.47 Å². The average molecular weight is 459 g/mol. The monoisotopic (exact) mass is 458 g/mol. The number of pyridine rings is 1. The van der Waals surface area contributed by atoms with Crippen LogP contribution >= 0.6 is 0 Å². The molecule has 0 saturated heterocycles. The summed E-state index contributed by atoms with van der Waals surface area (Å²) in [6, 6.07) is 20.2. The topological polar surface area (TPSA) is 70.4 Å². The molecule has 3 aromatic carbocycles. The van der Waals surface area contributed by atoms with Crippen LogP contribution in [0.4, 0.5) is 0 Å². The van der Waals surface area contributed by atoms with Gasteiger partial charge >= 0.3 is 0 Å². The van der Waals surface area contributed by atoms with Crippen LogP contribution in [0.15, 0.2) is 84.0 Å². The van der Waals surface area contributed by atoms with Gasteiger partial charge in [-0.3, -0.25) is 4.98 Å². The molecule has 0 aliphatic rings. The van der Waals surface area contributed by atoms with Crippen molar-refractivity contribution in [3.63, 3.8) is 0 Å². The molecule has 33 heavy (non-hydrogen) atoms. The predicted molar refractivity (Wildman–Crippen MR) is 130 cm³/mol. The highest BCUT2D eigenvalue weighted by atomic mass is 32.2. The Morgan fingerprint density at radius 2 is 1.67 bits per heavy atom. The molecular formula is C26H22N2O4S. The number of aromatic nitrogens is 2. The molecule has 5 rings (SSSR count). The summed E-state index contributed by atoms with van der Waals surface area (Å²) >= 11 is 0. The Morgan fingerprint density at radius 3 is 2.45 bits per heavy atom. The number of fused-ring (bicyclic) bond motifs is 2. The van der Waals surface area contributed by atoms with Crippen LogP contribution in [0.1, 0.15) is 5.56 Å². The fourth-order valence-corrected chi connectivity index (χ4v) is 5.68. The maximum absolute atomic E-state index is 13.9. The Bertz CT molecular complexity index is 1620. The van der Waals surface area contributed by atoms with Crippen molar-refractivity contribution >= 4 is 31.8 Å². The molecule has 2 heterocycles. The van der Waals surface area contributed by atoms with Gasteiger partial charge in [-0.25, -0.2) is 12.4 Å². The van der Waals surface area contributed by atoms with Crippen molar-refractivity contribution in [2.75, 3.05) is 14.2 Å². The standard InChI is InChI=1S/C26H22N2O4S/c1-17-13-19-7-6-10-25(26(19)27-15-17)33(29,30)28-16-21(20-8-4-5-9-22(20)28)18-11-12-23(31-2)24(14-18)32-3/h4-16H,1-3H3. The third-order valence-corrected chi connectivity index (χ3v) is 7.43. The Balaban J connectivity index is 1.76. The number of hydrogen-bond acceptors (Lipinski definition) is 5. The van der Waals surface area contributed by atoms with Crippen LogP contribution in [0.5, 0.6) is 11.5 Å². The van der Waals surface area contributed by atoms with Gasteiger partial charge in [-0.15, -0.1) is 0 Å². The Labute approximate surface area is 192 Å². The molecule has 6 nitrogen and oxygen atoms in total. The number of methoxy groups -OCH3 is 2. The molecule has 0 N–H and O–H groups in total. The van der Waals surface area contributed by atoms with Crippen LogP contribution in [0.3, 0.4) is 0 Å². The highest BCUT2D eigenvalue weighted by molar-refractivity contribution is 7.90. The van der Waals surface area contributed by atoms with Gasteiger partial charge in [0, 0.05) is 28.7 Å². The first kappa shape index (κ1) is 21.0. The molecule has 0 saturated carbocycles. The zero-order chi connectivity index (χ0) is 23.2. The number of para-hydroxylation sites is 2. The molecule has 0 aliphatic heterocycles. The SMILES string of the molecule is COc1ccc(-c2cn(S(=O)(=O)c3cccc4cc(C)cnc34)c3ccccc23)cc1OC. The summed E-state index contributed by atoms with van der Waals surface area (Å²) in [5.41, 5.74) is 3.61. The van der Waals surface area contributed by atoms with Gasteiger partial charge in [-0.05, 0) is 48.4 Å². The number of hydrogen-bond donors (Lipinski definition) is 0. The molecule has 0 unspecified atom stereocenters. The van der Waals surface area contributed by atoms with E-state index in [2.05, 4.69) is 4.98 Å². The van der Waals surface area contributed by atoms with E-state index < -0.39 is 10.0 Å². The summed E-state index contributed by atoms with van der Waals surface area (Å²) in [6.07, 6.45) is 3.35. The van der Waals surface area contributed by atoms with Crippen LogP contribution in [-0.2, 0) is 10.0 Å². The van der Waals surface area contributed by atoms with Crippen LogP contribution in [0, 0.1) is 6.92 Å². The summed E-state index contributed by atoms with van der Waals surface area (Å²) in [5, 5.41) is 1.60. The minimum Gasteiger partial charge on any atom is -0.493 e. The fourth-order valence-electron chi connectivity index (χ4n) is 4.14. The minimum atomic E-state index is -3.92. The first-order valence-corrected chi connectivity index (χ1v) is 11.8. The van der Waals surface area contributed by atoms with Gasteiger partial charge in [0.1, 0.15) is 4.90 Å². The van der Waals surface area contributed by atoms with E-state index in [1.54, 1.807) is 44.8 Å². The molecular weight excluding hydrogens is 436 g/mol. The Morgan fingerprint density at radius 1 is 0.879 bits per heavy atom. The van der Waals surface area contributed by atoms with Crippen LogP contribution in [0.25, 0.3) is 32.9 Å². The first-order chi connectivity index (χ1) is 15.9. The van der Waals surface area contributed by atoms with Crippen molar-refractivity contribution in [1.29, 1.82) is 0 Å². The lowest BCUT2D eigenvalue weighted by Crippen LogP contribution is -2.12. The summed E-state index contributed by atoms with van der Waals surface area (Å²) in [7, 11) is -0.769. The number of aryl methyl sites for hydroxylation is 1. The van der Waals surface area contributed by atoms with E-state index in [0.29, 0.717) is 22.5 Å².